The Morgan fingerprint density at radius 2 is 2.33 bits per heavy atom. The zero-order chi connectivity index (χ0) is 15.3. The first-order valence-electron chi connectivity index (χ1n) is 6.13. The predicted molar refractivity (Wildman–Crippen MR) is 75.6 cm³/mol. The molecule has 2 rings (SSSR count). The normalized spacial score (nSPS) is 11.5. The Labute approximate surface area is 125 Å². The lowest BCUT2D eigenvalue weighted by Crippen LogP contribution is -2.28. The minimum Gasteiger partial charge on any atom is -0.462 e. The number of esters is 1. The quantitative estimate of drug-likeness (QED) is 0.717. The molecule has 0 aliphatic heterocycles. The molecule has 2 N–H and O–H groups in total. The zero-order valence-corrected chi connectivity index (χ0v) is 12.8. The summed E-state index contributed by atoms with van der Waals surface area (Å²) in [4.78, 5) is 15.7. The fraction of sp³-hybridized carbons (Fsp3) is 0.364. The molecular weight excluding hydrogens is 316 g/mol. The van der Waals surface area contributed by atoms with Crippen LogP contribution in [0.2, 0.25) is 0 Å². The van der Waals surface area contributed by atoms with Gasteiger partial charge in [-0.3, -0.25) is 5.10 Å². The van der Waals surface area contributed by atoms with Gasteiger partial charge >= 0.3 is 5.97 Å². The van der Waals surface area contributed by atoms with Gasteiger partial charge in [0.2, 0.25) is 0 Å². The monoisotopic (exact) mass is 330 g/mol. The highest BCUT2D eigenvalue weighted by Gasteiger charge is 2.25. The van der Waals surface area contributed by atoms with Gasteiger partial charge in [0.05, 0.1) is 17.8 Å². The van der Waals surface area contributed by atoms with Crippen molar-refractivity contribution >= 4 is 27.3 Å². The smallest absolute Gasteiger partial charge is 0.342 e. The van der Waals surface area contributed by atoms with E-state index in [0.717, 1.165) is 11.2 Å². The summed E-state index contributed by atoms with van der Waals surface area (Å²) in [6.07, 6.45) is 3.26. The lowest BCUT2D eigenvalue weighted by atomic mass is 10.4. The summed E-state index contributed by atoms with van der Waals surface area (Å²) >= 11 is 1.45. The van der Waals surface area contributed by atoms with Crippen LogP contribution in [0.15, 0.2) is 22.8 Å². The average Bonchev–Trinajstić information content (AvgIpc) is 3.10. The van der Waals surface area contributed by atoms with E-state index < -0.39 is 16.0 Å². The third-order valence-electron chi connectivity index (χ3n) is 2.48. The standard InChI is InChI=1S/C11H14N4O4S2/c1-2-19-11(16)8-7-13-15-10(8)21(17,18)14-4-3-9-12-5-6-20-9/h5-7,14H,2-4H2,1H3,(H,13,15). The predicted octanol–water partition coefficient (Wildman–Crippen LogP) is 0.564. The first-order chi connectivity index (χ1) is 10.0. The number of carbonyl (C=O) groups is 1. The number of thiazole rings is 1. The summed E-state index contributed by atoms with van der Waals surface area (Å²) in [5, 5.41) is 8.26. The number of nitrogens with zero attached hydrogens (tertiary/aromatic N) is 2. The molecule has 0 aromatic carbocycles. The Bertz CT molecular complexity index is 694. The van der Waals surface area contributed by atoms with Crippen LogP contribution in [0.4, 0.5) is 0 Å². The van der Waals surface area contributed by atoms with Crippen molar-refractivity contribution < 1.29 is 17.9 Å². The molecule has 8 nitrogen and oxygen atoms in total. The Morgan fingerprint density at radius 3 is 3.00 bits per heavy atom. The first-order valence-corrected chi connectivity index (χ1v) is 8.49. The van der Waals surface area contributed by atoms with Crippen molar-refractivity contribution in [3.8, 4) is 0 Å². The van der Waals surface area contributed by atoms with Gasteiger partial charge in [0, 0.05) is 24.5 Å². The molecule has 2 aromatic rings. The number of sulfonamides is 1. The molecule has 0 amide bonds. The van der Waals surface area contributed by atoms with Crippen LogP contribution in [0.25, 0.3) is 0 Å². The maximum Gasteiger partial charge on any atom is 0.342 e. The molecule has 0 aliphatic rings. The molecule has 0 spiro atoms. The number of hydrogen-bond acceptors (Lipinski definition) is 7. The van der Waals surface area contributed by atoms with Crippen molar-refractivity contribution in [3.05, 3.63) is 28.3 Å². The summed E-state index contributed by atoms with van der Waals surface area (Å²) in [5.74, 6) is -0.730. The summed E-state index contributed by atoms with van der Waals surface area (Å²) < 4.78 is 31.5. The molecule has 0 saturated heterocycles. The van der Waals surface area contributed by atoms with E-state index in [2.05, 4.69) is 19.9 Å². The van der Waals surface area contributed by atoms with E-state index >= 15 is 0 Å². The molecule has 2 heterocycles. The number of aromatic amines is 1. The molecule has 0 saturated carbocycles. The lowest BCUT2D eigenvalue weighted by molar-refractivity contribution is 0.0522. The molecule has 0 atom stereocenters. The topological polar surface area (TPSA) is 114 Å². The van der Waals surface area contributed by atoms with Gasteiger partial charge < -0.3 is 4.74 Å². The van der Waals surface area contributed by atoms with Crippen molar-refractivity contribution in [1.29, 1.82) is 0 Å². The molecule has 0 unspecified atom stereocenters. The largest absolute Gasteiger partial charge is 0.462 e. The zero-order valence-electron chi connectivity index (χ0n) is 11.2. The van der Waals surface area contributed by atoms with Gasteiger partial charge in [0.25, 0.3) is 10.0 Å². The van der Waals surface area contributed by atoms with E-state index in [1.165, 1.54) is 11.3 Å². The molecule has 114 valence electrons. The van der Waals surface area contributed by atoms with Crippen LogP contribution >= 0.6 is 11.3 Å². The second-order valence-corrected chi connectivity index (χ2v) is 6.59. The van der Waals surface area contributed by atoms with Crippen LogP contribution in [-0.4, -0.2) is 42.7 Å². The van der Waals surface area contributed by atoms with Crippen LogP contribution in [0, 0.1) is 0 Å². The third kappa shape index (κ3) is 3.86. The Kier molecular flexibility index (Phi) is 5.04. The number of ether oxygens (including phenoxy) is 1. The highest BCUT2D eigenvalue weighted by Crippen LogP contribution is 2.13. The van der Waals surface area contributed by atoms with Gasteiger partial charge in [-0.1, -0.05) is 0 Å². The van der Waals surface area contributed by atoms with Gasteiger partial charge in [-0.05, 0) is 6.92 Å². The summed E-state index contributed by atoms with van der Waals surface area (Å²) in [7, 11) is -3.86. The molecule has 0 radical (unpaired) electrons. The van der Waals surface area contributed by atoms with Gasteiger partial charge in [-0.15, -0.1) is 11.3 Å². The highest BCUT2D eigenvalue weighted by atomic mass is 32.2. The van der Waals surface area contributed by atoms with Crippen LogP contribution < -0.4 is 4.72 Å². The van der Waals surface area contributed by atoms with E-state index in [4.69, 9.17) is 4.74 Å². The fourth-order valence-corrected chi connectivity index (χ4v) is 3.31. The minimum atomic E-state index is -3.86. The number of carbonyl (C=O) groups excluding carboxylic acids is 1. The van der Waals surface area contributed by atoms with Crippen molar-refractivity contribution in [1.82, 2.24) is 19.9 Å². The van der Waals surface area contributed by atoms with E-state index in [1.54, 1.807) is 13.1 Å². The molecular formula is C11H14N4O4S2. The van der Waals surface area contributed by atoms with Crippen LogP contribution in [0.5, 0.6) is 0 Å². The van der Waals surface area contributed by atoms with Crippen LogP contribution in [-0.2, 0) is 21.2 Å². The number of H-pyrrole nitrogens is 1. The van der Waals surface area contributed by atoms with E-state index in [9.17, 15) is 13.2 Å². The molecule has 10 heteroatoms. The summed E-state index contributed by atoms with van der Waals surface area (Å²) in [5.41, 5.74) is -0.112. The van der Waals surface area contributed by atoms with Gasteiger partial charge in [-0.2, -0.15) is 5.10 Å². The van der Waals surface area contributed by atoms with Crippen LogP contribution in [0.1, 0.15) is 22.3 Å². The van der Waals surface area contributed by atoms with E-state index in [-0.39, 0.29) is 23.7 Å². The fourth-order valence-electron chi connectivity index (χ4n) is 1.57. The molecule has 21 heavy (non-hydrogen) atoms. The van der Waals surface area contributed by atoms with Crippen LogP contribution in [0.3, 0.4) is 0 Å². The van der Waals surface area contributed by atoms with Crippen molar-refractivity contribution in [2.75, 3.05) is 13.2 Å². The number of nitrogens with one attached hydrogen (secondary N) is 2. The molecule has 0 bridgehead atoms. The Hall–Kier alpha value is -1.78. The number of aromatic nitrogens is 3. The average molecular weight is 330 g/mol. The van der Waals surface area contributed by atoms with E-state index in [1.807, 2.05) is 5.38 Å². The van der Waals surface area contributed by atoms with Crippen molar-refractivity contribution in [2.45, 2.75) is 18.4 Å². The highest BCUT2D eigenvalue weighted by molar-refractivity contribution is 7.89. The third-order valence-corrected chi connectivity index (χ3v) is 4.76. The molecule has 0 aliphatic carbocycles. The maximum absolute atomic E-state index is 12.1. The van der Waals surface area contributed by atoms with Crippen molar-refractivity contribution in [3.63, 3.8) is 0 Å². The number of rotatable bonds is 7. The lowest BCUT2D eigenvalue weighted by Gasteiger charge is -2.06. The van der Waals surface area contributed by atoms with Gasteiger partial charge in [0.1, 0.15) is 5.56 Å². The number of hydrogen-bond donors (Lipinski definition) is 2. The molecule has 2 aromatic heterocycles. The van der Waals surface area contributed by atoms with Gasteiger partial charge in [-0.25, -0.2) is 22.9 Å². The summed E-state index contributed by atoms with van der Waals surface area (Å²) in [6, 6.07) is 0. The second kappa shape index (κ2) is 6.78. The minimum absolute atomic E-state index is 0.112. The first kappa shape index (κ1) is 15.6. The maximum atomic E-state index is 12.1. The second-order valence-electron chi connectivity index (χ2n) is 3.91. The van der Waals surface area contributed by atoms with Gasteiger partial charge in [0.15, 0.2) is 5.03 Å². The SMILES string of the molecule is CCOC(=O)c1cn[nH]c1S(=O)(=O)NCCc1nccs1. The van der Waals surface area contributed by atoms with E-state index in [0.29, 0.717) is 6.42 Å². The van der Waals surface area contributed by atoms with Crippen molar-refractivity contribution in [2.24, 2.45) is 0 Å². The molecule has 0 fully saturated rings. The summed E-state index contributed by atoms with van der Waals surface area (Å²) in [6.45, 7) is 1.97. The Morgan fingerprint density at radius 1 is 1.52 bits per heavy atom. The Balaban J connectivity index is 2.05.